The Labute approximate surface area is 110 Å². The van der Waals surface area contributed by atoms with Crippen LogP contribution < -0.4 is 10.6 Å². The minimum atomic E-state index is -0.589. The van der Waals surface area contributed by atoms with Crippen LogP contribution in [0, 0.1) is 6.92 Å². The van der Waals surface area contributed by atoms with Crippen LogP contribution in [0.2, 0.25) is 0 Å². The molecule has 0 bridgehead atoms. The van der Waals surface area contributed by atoms with Crippen LogP contribution in [0.1, 0.15) is 18.2 Å². The number of nitrogens with one attached hydrogen (secondary N) is 3. The number of carbonyl (C=O) groups excluding carboxylic acids is 2. The first-order valence-electron chi connectivity index (χ1n) is 6.19. The van der Waals surface area contributed by atoms with Gasteiger partial charge in [-0.3, -0.25) is 9.59 Å². The monoisotopic (exact) mass is 257 g/mol. The van der Waals surface area contributed by atoms with E-state index < -0.39 is 17.4 Å². The topological polar surface area (TPSA) is 74.0 Å². The summed E-state index contributed by atoms with van der Waals surface area (Å²) in [5.74, 6) is -1.16. The minimum absolute atomic E-state index is 0.389. The summed E-state index contributed by atoms with van der Waals surface area (Å²) >= 11 is 0. The fourth-order valence-electron chi connectivity index (χ4n) is 2.83. The van der Waals surface area contributed by atoms with Crippen molar-refractivity contribution in [2.45, 2.75) is 19.4 Å². The molecule has 1 aromatic heterocycles. The second kappa shape index (κ2) is 3.85. The van der Waals surface area contributed by atoms with Gasteiger partial charge in [-0.1, -0.05) is 18.2 Å². The number of benzene rings is 1. The number of aryl methyl sites for hydroxylation is 1. The number of fused-ring (bicyclic) bond motifs is 1. The van der Waals surface area contributed by atoms with E-state index in [1.54, 1.807) is 0 Å². The molecule has 1 atom stereocenters. The molecule has 98 valence electrons. The molecule has 0 saturated carbocycles. The zero-order valence-corrected chi connectivity index (χ0v) is 10.8. The van der Waals surface area contributed by atoms with E-state index >= 15 is 0 Å². The average Bonchev–Trinajstić information content (AvgIpc) is 2.71. The van der Waals surface area contributed by atoms with Crippen LogP contribution in [-0.2, 0) is 15.1 Å². The first-order chi connectivity index (χ1) is 9.01. The van der Waals surface area contributed by atoms with Gasteiger partial charge in [0.05, 0.1) is 5.54 Å². The predicted molar refractivity (Wildman–Crippen MR) is 71.5 cm³/mol. The number of hydrogen-bond acceptors (Lipinski definition) is 2. The summed E-state index contributed by atoms with van der Waals surface area (Å²) in [6.45, 7) is 4.29. The molecule has 19 heavy (non-hydrogen) atoms. The molecule has 3 N–H and O–H groups in total. The molecular formula is C14H15N3O2. The number of carbonyl (C=O) groups is 2. The summed E-state index contributed by atoms with van der Waals surface area (Å²) in [5, 5.41) is 6.51. The molecule has 5 heteroatoms. The first kappa shape index (κ1) is 11.8. The molecule has 5 nitrogen and oxygen atoms in total. The highest BCUT2D eigenvalue weighted by Crippen LogP contribution is 2.32. The van der Waals surface area contributed by atoms with Crippen molar-refractivity contribution in [2.75, 3.05) is 6.54 Å². The number of piperazine rings is 1. The maximum Gasteiger partial charge on any atom is 0.310 e. The standard InChI is InChI=1S/C14H15N3O2/c1-8-11(9-5-3-4-6-10(9)16-8)14(2)7-15-12(18)13(19)17-14/h3-6,16H,7H2,1-2H3,(H,15,18)(H,17,19). The van der Waals surface area contributed by atoms with Gasteiger partial charge in [0, 0.05) is 28.7 Å². The van der Waals surface area contributed by atoms with Gasteiger partial charge in [-0.15, -0.1) is 0 Å². The zero-order chi connectivity index (χ0) is 13.6. The Morgan fingerprint density at radius 3 is 2.63 bits per heavy atom. The molecule has 1 aliphatic rings. The SMILES string of the molecule is Cc1[nH]c2ccccc2c1C1(C)CNC(=O)C(=O)N1. The van der Waals surface area contributed by atoms with Crippen molar-refractivity contribution in [3.63, 3.8) is 0 Å². The van der Waals surface area contributed by atoms with Crippen molar-refractivity contribution in [2.24, 2.45) is 0 Å². The van der Waals surface area contributed by atoms with Crippen LogP contribution in [0.3, 0.4) is 0 Å². The molecule has 2 aromatic rings. The van der Waals surface area contributed by atoms with Gasteiger partial charge in [0.15, 0.2) is 0 Å². The molecule has 1 fully saturated rings. The van der Waals surface area contributed by atoms with Crippen molar-refractivity contribution in [3.05, 3.63) is 35.5 Å². The minimum Gasteiger partial charge on any atom is -0.358 e. The predicted octanol–water partition coefficient (Wildman–Crippen LogP) is 0.938. The van der Waals surface area contributed by atoms with Crippen molar-refractivity contribution in [1.29, 1.82) is 0 Å². The summed E-state index contributed by atoms with van der Waals surface area (Å²) < 4.78 is 0. The highest BCUT2D eigenvalue weighted by atomic mass is 16.2. The van der Waals surface area contributed by atoms with Crippen LogP contribution in [0.25, 0.3) is 10.9 Å². The number of aromatic amines is 1. The van der Waals surface area contributed by atoms with E-state index in [0.29, 0.717) is 6.54 Å². The van der Waals surface area contributed by atoms with E-state index in [4.69, 9.17) is 0 Å². The number of aromatic nitrogens is 1. The van der Waals surface area contributed by atoms with Crippen LogP contribution in [0.5, 0.6) is 0 Å². The fraction of sp³-hybridized carbons (Fsp3) is 0.286. The Hall–Kier alpha value is -2.30. The maximum absolute atomic E-state index is 11.6. The Balaban J connectivity index is 2.16. The molecule has 3 rings (SSSR count). The van der Waals surface area contributed by atoms with Crippen molar-refractivity contribution >= 4 is 22.7 Å². The summed E-state index contributed by atoms with van der Waals surface area (Å²) in [4.78, 5) is 26.2. The number of amides is 2. The third kappa shape index (κ3) is 1.69. The second-order valence-corrected chi connectivity index (χ2v) is 5.14. The Kier molecular flexibility index (Phi) is 2.38. The second-order valence-electron chi connectivity index (χ2n) is 5.14. The number of hydrogen-bond donors (Lipinski definition) is 3. The van der Waals surface area contributed by atoms with E-state index in [0.717, 1.165) is 22.2 Å². The average molecular weight is 257 g/mol. The summed E-state index contributed by atoms with van der Waals surface area (Å²) in [6, 6.07) is 7.94. The highest BCUT2D eigenvalue weighted by Gasteiger charge is 2.38. The van der Waals surface area contributed by atoms with Gasteiger partial charge in [0.2, 0.25) is 0 Å². The van der Waals surface area contributed by atoms with E-state index in [1.165, 1.54) is 0 Å². The van der Waals surface area contributed by atoms with Crippen LogP contribution in [-0.4, -0.2) is 23.3 Å². The largest absolute Gasteiger partial charge is 0.358 e. The highest BCUT2D eigenvalue weighted by molar-refractivity contribution is 6.35. The molecule has 1 unspecified atom stereocenters. The lowest BCUT2D eigenvalue weighted by atomic mass is 9.88. The quantitative estimate of drug-likeness (QED) is 0.665. The lowest BCUT2D eigenvalue weighted by Crippen LogP contribution is -2.61. The van der Waals surface area contributed by atoms with E-state index in [1.807, 2.05) is 38.1 Å². The van der Waals surface area contributed by atoms with Gasteiger partial charge in [0.1, 0.15) is 0 Å². The molecular weight excluding hydrogens is 242 g/mol. The van der Waals surface area contributed by atoms with Crippen molar-refractivity contribution in [1.82, 2.24) is 15.6 Å². The van der Waals surface area contributed by atoms with Crippen molar-refractivity contribution in [3.8, 4) is 0 Å². The summed E-state index contributed by atoms with van der Waals surface area (Å²) in [6.07, 6.45) is 0. The van der Waals surface area contributed by atoms with Gasteiger partial charge < -0.3 is 15.6 Å². The third-order valence-corrected chi connectivity index (χ3v) is 3.64. The van der Waals surface area contributed by atoms with Gasteiger partial charge in [0.25, 0.3) is 0 Å². The Morgan fingerprint density at radius 2 is 1.89 bits per heavy atom. The van der Waals surface area contributed by atoms with Crippen molar-refractivity contribution < 1.29 is 9.59 Å². The summed E-state index contributed by atoms with van der Waals surface area (Å²) in [7, 11) is 0. The summed E-state index contributed by atoms with van der Waals surface area (Å²) in [5.41, 5.74) is 2.47. The lowest BCUT2D eigenvalue weighted by molar-refractivity contribution is -0.142. The smallest absolute Gasteiger partial charge is 0.310 e. The van der Waals surface area contributed by atoms with Crippen LogP contribution >= 0.6 is 0 Å². The Morgan fingerprint density at radius 1 is 1.16 bits per heavy atom. The van der Waals surface area contributed by atoms with Crippen LogP contribution in [0.15, 0.2) is 24.3 Å². The molecule has 1 aliphatic heterocycles. The van der Waals surface area contributed by atoms with E-state index in [9.17, 15) is 9.59 Å². The fourth-order valence-corrected chi connectivity index (χ4v) is 2.83. The Bertz CT molecular complexity index is 689. The molecule has 1 aromatic carbocycles. The number of para-hydroxylation sites is 1. The lowest BCUT2D eigenvalue weighted by Gasteiger charge is -2.35. The van der Waals surface area contributed by atoms with Gasteiger partial charge in [-0.25, -0.2) is 0 Å². The zero-order valence-electron chi connectivity index (χ0n) is 10.8. The van der Waals surface area contributed by atoms with E-state index in [-0.39, 0.29) is 0 Å². The van der Waals surface area contributed by atoms with Gasteiger partial charge in [-0.05, 0) is 19.9 Å². The number of rotatable bonds is 1. The van der Waals surface area contributed by atoms with E-state index in [2.05, 4.69) is 15.6 Å². The first-order valence-corrected chi connectivity index (χ1v) is 6.19. The molecule has 2 amide bonds. The number of H-pyrrole nitrogens is 1. The van der Waals surface area contributed by atoms with Crippen LogP contribution in [0.4, 0.5) is 0 Å². The van der Waals surface area contributed by atoms with Gasteiger partial charge >= 0.3 is 11.8 Å². The maximum atomic E-state index is 11.6. The van der Waals surface area contributed by atoms with Gasteiger partial charge in [-0.2, -0.15) is 0 Å². The third-order valence-electron chi connectivity index (χ3n) is 3.64. The molecule has 0 spiro atoms. The normalized spacial score (nSPS) is 23.3. The molecule has 0 radical (unpaired) electrons. The molecule has 0 aliphatic carbocycles. The molecule has 1 saturated heterocycles. The molecule has 2 heterocycles.